The number of carbonyl (C=O) groups excluding carboxylic acids is 1. The van der Waals surface area contributed by atoms with Gasteiger partial charge in [-0.05, 0) is 101 Å². The van der Waals surface area contributed by atoms with Gasteiger partial charge in [0.05, 0.1) is 13.7 Å². The van der Waals surface area contributed by atoms with Crippen LogP contribution in [0.4, 0.5) is 5.69 Å². The number of methoxy groups -OCH3 is 1. The van der Waals surface area contributed by atoms with Crippen molar-refractivity contribution in [1.29, 1.82) is 0 Å². The SMILES string of the molecule is CCCCOCCOc1ccc(-c2ccc(OC)c(/C=C/C(=O)Nc3ccc([S+]([O-])Cc4cnccc4CC)cc3)c2)cc1. The first-order valence-electron chi connectivity index (χ1n) is 14.9. The van der Waals surface area contributed by atoms with Gasteiger partial charge >= 0.3 is 0 Å². The fourth-order valence-electron chi connectivity index (χ4n) is 4.55. The Morgan fingerprint density at radius 1 is 0.932 bits per heavy atom. The second kappa shape index (κ2) is 17.3. The number of hydrogen-bond acceptors (Lipinski definition) is 6. The molecule has 0 saturated carbocycles. The van der Waals surface area contributed by atoms with Crippen LogP contribution in [0, 0.1) is 0 Å². The zero-order chi connectivity index (χ0) is 31.1. The maximum atomic E-state index is 12.9. The Morgan fingerprint density at radius 3 is 2.43 bits per heavy atom. The first-order chi connectivity index (χ1) is 21.5. The van der Waals surface area contributed by atoms with Gasteiger partial charge in [-0.25, -0.2) is 0 Å². The van der Waals surface area contributed by atoms with Crippen LogP contribution < -0.4 is 14.8 Å². The van der Waals surface area contributed by atoms with Crippen LogP contribution in [0.5, 0.6) is 11.5 Å². The van der Waals surface area contributed by atoms with Crippen molar-refractivity contribution in [2.75, 3.05) is 32.2 Å². The molecule has 0 bridgehead atoms. The highest BCUT2D eigenvalue weighted by atomic mass is 32.2. The van der Waals surface area contributed by atoms with Crippen molar-refractivity contribution in [3.63, 3.8) is 0 Å². The second-order valence-electron chi connectivity index (χ2n) is 10.1. The van der Waals surface area contributed by atoms with E-state index < -0.39 is 11.2 Å². The smallest absolute Gasteiger partial charge is 0.248 e. The van der Waals surface area contributed by atoms with Gasteiger partial charge in [0.25, 0.3) is 0 Å². The number of hydrogen-bond donors (Lipinski definition) is 1. The summed E-state index contributed by atoms with van der Waals surface area (Å²) < 4.78 is 29.8. The van der Waals surface area contributed by atoms with Crippen LogP contribution in [0.3, 0.4) is 0 Å². The highest BCUT2D eigenvalue weighted by molar-refractivity contribution is 7.90. The Balaban J connectivity index is 1.34. The summed E-state index contributed by atoms with van der Waals surface area (Å²) in [4.78, 5) is 17.6. The van der Waals surface area contributed by atoms with Gasteiger partial charge in [0.2, 0.25) is 5.91 Å². The Labute approximate surface area is 263 Å². The summed E-state index contributed by atoms with van der Waals surface area (Å²) in [5, 5.41) is 2.87. The first-order valence-corrected chi connectivity index (χ1v) is 16.2. The molecule has 4 aromatic rings. The minimum Gasteiger partial charge on any atom is -0.611 e. The molecule has 1 N–H and O–H groups in total. The zero-order valence-electron chi connectivity index (χ0n) is 25.6. The molecule has 4 rings (SSSR count). The number of ether oxygens (including phenoxy) is 3. The fraction of sp³-hybridized carbons (Fsp3) is 0.278. The van der Waals surface area contributed by atoms with Gasteiger partial charge in [-0.2, -0.15) is 0 Å². The predicted molar refractivity (Wildman–Crippen MR) is 177 cm³/mol. The van der Waals surface area contributed by atoms with E-state index in [1.165, 1.54) is 6.08 Å². The molecule has 0 saturated heterocycles. The van der Waals surface area contributed by atoms with Crippen molar-refractivity contribution in [2.45, 2.75) is 43.8 Å². The summed E-state index contributed by atoms with van der Waals surface area (Å²) in [6.07, 6.45) is 9.78. The van der Waals surface area contributed by atoms with Crippen molar-refractivity contribution in [1.82, 2.24) is 4.98 Å². The molecule has 0 aliphatic rings. The number of pyridine rings is 1. The molecular weight excluding hydrogens is 572 g/mol. The molecule has 0 aliphatic carbocycles. The summed E-state index contributed by atoms with van der Waals surface area (Å²) in [5.41, 5.74) is 5.53. The highest BCUT2D eigenvalue weighted by Gasteiger charge is 2.15. The first kappa shape index (κ1) is 32.8. The zero-order valence-corrected chi connectivity index (χ0v) is 26.4. The van der Waals surface area contributed by atoms with Gasteiger partial charge in [-0.15, -0.1) is 0 Å². The number of nitrogens with one attached hydrogen (secondary N) is 1. The van der Waals surface area contributed by atoms with Crippen molar-refractivity contribution in [3.05, 3.63) is 108 Å². The topological polar surface area (TPSA) is 92.7 Å². The Kier molecular flexibility index (Phi) is 12.9. The molecule has 1 amide bonds. The Hall–Kier alpha value is -4.11. The molecule has 1 unspecified atom stereocenters. The van der Waals surface area contributed by atoms with Gasteiger partial charge in [0, 0.05) is 41.9 Å². The molecule has 44 heavy (non-hydrogen) atoms. The van der Waals surface area contributed by atoms with Gasteiger partial charge in [0.15, 0.2) is 4.90 Å². The van der Waals surface area contributed by atoms with Crippen LogP contribution >= 0.6 is 0 Å². The summed E-state index contributed by atoms with van der Waals surface area (Å²) in [6.45, 7) is 6.06. The molecular formula is C36H40N2O5S. The molecule has 1 aromatic heterocycles. The largest absolute Gasteiger partial charge is 0.611 e. The lowest BCUT2D eigenvalue weighted by molar-refractivity contribution is -0.111. The normalized spacial score (nSPS) is 11.8. The van der Waals surface area contributed by atoms with Crippen LogP contribution in [-0.4, -0.2) is 42.4 Å². The summed E-state index contributed by atoms with van der Waals surface area (Å²) in [6, 6.07) is 22.8. The summed E-state index contributed by atoms with van der Waals surface area (Å²) in [5.74, 6) is 1.57. The van der Waals surface area contributed by atoms with E-state index in [9.17, 15) is 9.35 Å². The Morgan fingerprint density at radius 2 is 1.70 bits per heavy atom. The molecule has 8 heteroatoms. The van der Waals surface area contributed by atoms with Gasteiger partial charge in [-0.1, -0.05) is 38.5 Å². The summed E-state index contributed by atoms with van der Waals surface area (Å²) >= 11 is -1.22. The lowest BCUT2D eigenvalue weighted by Crippen LogP contribution is -2.09. The summed E-state index contributed by atoms with van der Waals surface area (Å²) in [7, 11) is 1.60. The molecule has 230 valence electrons. The average Bonchev–Trinajstić information content (AvgIpc) is 3.06. The van der Waals surface area contributed by atoms with E-state index in [0.717, 1.165) is 59.4 Å². The molecule has 7 nitrogen and oxygen atoms in total. The third-order valence-corrected chi connectivity index (χ3v) is 8.40. The highest BCUT2D eigenvalue weighted by Crippen LogP contribution is 2.29. The minimum atomic E-state index is -1.22. The number of benzene rings is 3. The molecule has 3 aromatic carbocycles. The van der Waals surface area contributed by atoms with E-state index in [1.54, 1.807) is 49.8 Å². The number of unbranched alkanes of at least 4 members (excludes halogenated alkanes) is 1. The standard InChI is InChI=1S/C36H40N2O5S/c1-4-6-21-42-22-23-43-33-13-7-28(8-14-33)29-9-17-35(41-3)30(24-29)10-18-36(39)38-32-11-15-34(16-12-32)44(40)26-31-25-37-20-19-27(31)5-2/h7-20,24-25H,4-6,21-23,26H2,1-3H3,(H,38,39)/b18-10+. The number of anilines is 1. The van der Waals surface area contributed by atoms with Crippen LogP contribution in [0.25, 0.3) is 17.2 Å². The van der Waals surface area contributed by atoms with Crippen LogP contribution in [0.2, 0.25) is 0 Å². The lowest BCUT2D eigenvalue weighted by Gasteiger charge is -2.13. The monoisotopic (exact) mass is 612 g/mol. The minimum absolute atomic E-state index is 0.283. The van der Waals surface area contributed by atoms with Crippen molar-refractivity contribution < 1.29 is 23.6 Å². The van der Waals surface area contributed by atoms with Crippen LogP contribution in [0.15, 0.2) is 96.2 Å². The molecule has 1 atom stereocenters. The van der Waals surface area contributed by atoms with Crippen molar-refractivity contribution >= 4 is 28.8 Å². The van der Waals surface area contributed by atoms with E-state index in [2.05, 4.69) is 24.1 Å². The van der Waals surface area contributed by atoms with Crippen LogP contribution in [0.1, 0.15) is 43.4 Å². The number of aromatic nitrogens is 1. The second-order valence-corrected chi connectivity index (χ2v) is 11.6. The van der Waals surface area contributed by atoms with E-state index >= 15 is 0 Å². The van der Waals surface area contributed by atoms with E-state index in [1.807, 2.05) is 48.5 Å². The van der Waals surface area contributed by atoms with Crippen molar-refractivity contribution in [2.24, 2.45) is 0 Å². The molecule has 0 aliphatic heterocycles. The average molecular weight is 613 g/mol. The number of carbonyl (C=O) groups is 1. The number of nitrogens with zero attached hydrogens (tertiary/aromatic N) is 1. The van der Waals surface area contributed by atoms with E-state index in [-0.39, 0.29) is 5.91 Å². The van der Waals surface area contributed by atoms with Crippen LogP contribution in [-0.2, 0) is 32.9 Å². The lowest BCUT2D eigenvalue weighted by atomic mass is 10.0. The molecule has 0 fully saturated rings. The number of aryl methyl sites for hydroxylation is 1. The maximum absolute atomic E-state index is 12.9. The molecule has 0 spiro atoms. The van der Waals surface area contributed by atoms with Gasteiger partial charge in [-0.3, -0.25) is 9.78 Å². The molecule has 1 heterocycles. The van der Waals surface area contributed by atoms with Gasteiger partial charge in [0.1, 0.15) is 23.9 Å². The quantitative estimate of drug-likeness (QED) is 0.0802. The third kappa shape index (κ3) is 9.71. The van der Waals surface area contributed by atoms with E-state index in [4.69, 9.17) is 14.2 Å². The third-order valence-electron chi connectivity index (χ3n) is 7.03. The fourth-order valence-corrected chi connectivity index (χ4v) is 5.70. The number of rotatable bonds is 16. The molecule has 0 radical (unpaired) electrons. The maximum Gasteiger partial charge on any atom is 0.248 e. The van der Waals surface area contributed by atoms with Gasteiger partial charge < -0.3 is 24.1 Å². The Bertz CT molecular complexity index is 1510. The predicted octanol–water partition coefficient (Wildman–Crippen LogP) is 7.47. The van der Waals surface area contributed by atoms with E-state index in [0.29, 0.717) is 35.3 Å². The van der Waals surface area contributed by atoms with Crippen molar-refractivity contribution in [3.8, 4) is 22.6 Å². The number of amides is 1.